The topological polar surface area (TPSA) is 66.8 Å². The van der Waals surface area contributed by atoms with Crippen LogP contribution in [0.2, 0.25) is 0 Å². The largest absolute Gasteiger partial charge is 0.508 e. The number of fused-ring (bicyclic) bond motifs is 2. The molecule has 0 bridgehead atoms. The second-order valence-corrected chi connectivity index (χ2v) is 9.60. The number of hydrogen-bond acceptors (Lipinski definition) is 4. The summed E-state index contributed by atoms with van der Waals surface area (Å²) >= 11 is 0. The summed E-state index contributed by atoms with van der Waals surface area (Å²) in [4.78, 5) is 13.0. The highest BCUT2D eigenvalue weighted by Gasteiger charge is 2.55. The highest BCUT2D eigenvalue weighted by Crippen LogP contribution is 2.55. The number of carbonyl (C=O) groups excluding carboxylic acids is 1. The molecule has 3 unspecified atom stereocenters. The van der Waals surface area contributed by atoms with Crippen molar-refractivity contribution >= 4 is 11.9 Å². The number of aryl methyl sites for hydroxylation is 1. The number of phenols is 1. The zero-order chi connectivity index (χ0) is 21.7. The molecule has 2 aromatic rings. The Morgan fingerprint density at radius 2 is 1.83 bits per heavy atom. The standard InChI is InChI=1S/C26H30O4/c1-16-5-7-17(8-6-16)9-11-20(27)18-10-12-21(28)19-15-22-25(2,3)23(29)13-14-26(22,4)30-24(18)19/h5-12,22-23,28-29H,13-15H2,1-4H3/b11-9+. The van der Waals surface area contributed by atoms with Crippen molar-refractivity contribution in [3.8, 4) is 11.5 Å². The first-order valence-electron chi connectivity index (χ1n) is 10.6. The van der Waals surface area contributed by atoms with Gasteiger partial charge in [-0.1, -0.05) is 49.8 Å². The molecule has 2 aliphatic rings. The first kappa shape index (κ1) is 20.7. The summed E-state index contributed by atoms with van der Waals surface area (Å²) in [6.07, 6.45) is 4.89. The predicted octanol–water partition coefficient (Wildman–Crippen LogP) is 5.09. The molecule has 1 fully saturated rings. The minimum absolute atomic E-state index is 0.0422. The molecule has 2 aromatic carbocycles. The van der Waals surface area contributed by atoms with Gasteiger partial charge in [-0.15, -0.1) is 0 Å². The van der Waals surface area contributed by atoms with Gasteiger partial charge in [-0.05, 0) is 62.3 Å². The SMILES string of the molecule is Cc1ccc(/C=C/C(=O)c2ccc(O)c3c2OC2(C)CCC(O)C(C)(C)C2C3)cc1. The van der Waals surface area contributed by atoms with Crippen molar-refractivity contribution in [2.75, 3.05) is 0 Å². The van der Waals surface area contributed by atoms with Crippen LogP contribution in [0.4, 0.5) is 0 Å². The first-order chi connectivity index (χ1) is 14.1. The lowest BCUT2D eigenvalue weighted by Crippen LogP contribution is -2.58. The third-order valence-corrected chi connectivity index (χ3v) is 7.16. The molecular formula is C26H30O4. The van der Waals surface area contributed by atoms with Crippen LogP contribution in [0.3, 0.4) is 0 Å². The molecule has 4 heteroatoms. The summed E-state index contributed by atoms with van der Waals surface area (Å²) in [5, 5.41) is 21.1. The molecule has 1 aliphatic heterocycles. The minimum Gasteiger partial charge on any atom is -0.508 e. The van der Waals surface area contributed by atoms with E-state index < -0.39 is 11.7 Å². The van der Waals surface area contributed by atoms with E-state index in [1.54, 1.807) is 24.3 Å². The average Bonchev–Trinajstić information content (AvgIpc) is 2.70. The molecule has 4 rings (SSSR count). The highest BCUT2D eigenvalue weighted by atomic mass is 16.5. The Morgan fingerprint density at radius 3 is 2.53 bits per heavy atom. The molecule has 0 saturated heterocycles. The monoisotopic (exact) mass is 406 g/mol. The first-order valence-corrected chi connectivity index (χ1v) is 10.6. The molecule has 1 aliphatic carbocycles. The second-order valence-electron chi connectivity index (χ2n) is 9.60. The van der Waals surface area contributed by atoms with Crippen molar-refractivity contribution in [2.24, 2.45) is 11.3 Å². The molecule has 0 aromatic heterocycles. The summed E-state index contributed by atoms with van der Waals surface area (Å²) in [7, 11) is 0. The van der Waals surface area contributed by atoms with E-state index in [1.807, 2.05) is 31.2 Å². The number of allylic oxidation sites excluding steroid dienone is 1. The Bertz CT molecular complexity index is 1000. The molecule has 0 amide bonds. The van der Waals surface area contributed by atoms with Crippen molar-refractivity contribution in [1.82, 2.24) is 0 Å². The zero-order valence-electron chi connectivity index (χ0n) is 18.1. The molecular weight excluding hydrogens is 376 g/mol. The number of aromatic hydroxyl groups is 1. The van der Waals surface area contributed by atoms with Crippen LogP contribution < -0.4 is 4.74 Å². The summed E-state index contributed by atoms with van der Waals surface area (Å²) < 4.78 is 6.48. The van der Waals surface area contributed by atoms with Crippen LogP contribution >= 0.6 is 0 Å². The van der Waals surface area contributed by atoms with Gasteiger partial charge in [0.05, 0.1) is 11.7 Å². The van der Waals surface area contributed by atoms with Gasteiger partial charge in [-0.3, -0.25) is 4.79 Å². The van der Waals surface area contributed by atoms with Gasteiger partial charge in [0.15, 0.2) is 5.78 Å². The van der Waals surface area contributed by atoms with Crippen LogP contribution in [0.15, 0.2) is 42.5 Å². The van der Waals surface area contributed by atoms with Crippen LogP contribution in [0.25, 0.3) is 6.08 Å². The molecule has 158 valence electrons. The zero-order valence-corrected chi connectivity index (χ0v) is 18.1. The van der Waals surface area contributed by atoms with Crippen LogP contribution in [-0.2, 0) is 6.42 Å². The average molecular weight is 407 g/mol. The minimum atomic E-state index is -0.487. The second kappa shape index (κ2) is 7.28. The lowest BCUT2D eigenvalue weighted by atomic mass is 9.57. The fourth-order valence-corrected chi connectivity index (χ4v) is 5.09. The molecule has 1 heterocycles. The number of rotatable bonds is 3. The number of aliphatic hydroxyl groups excluding tert-OH is 1. The van der Waals surface area contributed by atoms with Crippen LogP contribution in [0.5, 0.6) is 11.5 Å². The van der Waals surface area contributed by atoms with Crippen molar-refractivity contribution in [3.63, 3.8) is 0 Å². The van der Waals surface area contributed by atoms with E-state index in [4.69, 9.17) is 4.74 Å². The normalized spacial score (nSPS) is 27.2. The summed E-state index contributed by atoms with van der Waals surface area (Å²) in [6.45, 7) is 8.21. The van der Waals surface area contributed by atoms with Crippen LogP contribution in [0, 0.1) is 18.3 Å². The number of ether oxygens (including phenoxy) is 1. The van der Waals surface area contributed by atoms with E-state index in [1.165, 1.54) is 5.56 Å². The van der Waals surface area contributed by atoms with Gasteiger partial charge in [0.2, 0.25) is 0 Å². The third kappa shape index (κ3) is 3.43. The molecule has 3 atom stereocenters. The van der Waals surface area contributed by atoms with Crippen molar-refractivity contribution < 1.29 is 19.7 Å². The molecule has 30 heavy (non-hydrogen) atoms. The van der Waals surface area contributed by atoms with Crippen molar-refractivity contribution in [1.29, 1.82) is 0 Å². The molecule has 1 saturated carbocycles. The van der Waals surface area contributed by atoms with Gasteiger partial charge in [0.25, 0.3) is 0 Å². The number of ketones is 1. The quantitative estimate of drug-likeness (QED) is 0.551. The Hall–Kier alpha value is -2.59. The lowest BCUT2D eigenvalue weighted by molar-refractivity contribution is -0.138. The maximum Gasteiger partial charge on any atom is 0.189 e. The Balaban J connectivity index is 1.70. The Morgan fingerprint density at radius 1 is 1.13 bits per heavy atom. The smallest absolute Gasteiger partial charge is 0.189 e. The molecule has 0 spiro atoms. The Labute approximate surface area is 178 Å². The van der Waals surface area contributed by atoms with Gasteiger partial charge in [-0.25, -0.2) is 0 Å². The van der Waals surface area contributed by atoms with Crippen molar-refractivity contribution in [2.45, 2.75) is 58.7 Å². The maximum atomic E-state index is 13.0. The van der Waals surface area contributed by atoms with Gasteiger partial charge >= 0.3 is 0 Å². The third-order valence-electron chi connectivity index (χ3n) is 7.16. The van der Waals surface area contributed by atoms with Gasteiger partial charge in [0.1, 0.15) is 17.1 Å². The summed E-state index contributed by atoms with van der Waals surface area (Å²) in [5.74, 6) is 0.519. The molecule has 4 nitrogen and oxygen atoms in total. The predicted molar refractivity (Wildman–Crippen MR) is 118 cm³/mol. The summed E-state index contributed by atoms with van der Waals surface area (Å²) in [6, 6.07) is 11.2. The number of benzene rings is 2. The fraction of sp³-hybridized carbons (Fsp3) is 0.423. The van der Waals surface area contributed by atoms with E-state index in [0.717, 1.165) is 5.56 Å². The van der Waals surface area contributed by atoms with E-state index in [0.29, 0.717) is 36.1 Å². The van der Waals surface area contributed by atoms with Crippen LogP contribution in [0.1, 0.15) is 60.7 Å². The van der Waals surface area contributed by atoms with E-state index >= 15 is 0 Å². The Kier molecular flexibility index (Phi) is 5.01. The van der Waals surface area contributed by atoms with Gasteiger partial charge in [0, 0.05) is 11.5 Å². The fourth-order valence-electron chi connectivity index (χ4n) is 5.09. The van der Waals surface area contributed by atoms with Crippen LogP contribution in [-0.4, -0.2) is 27.7 Å². The van der Waals surface area contributed by atoms with Crippen molar-refractivity contribution in [3.05, 3.63) is 64.7 Å². The van der Waals surface area contributed by atoms with E-state index in [2.05, 4.69) is 20.8 Å². The van der Waals surface area contributed by atoms with E-state index in [-0.39, 0.29) is 22.9 Å². The molecule has 2 N–H and O–H groups in total. The number of phenolic OH excluding ortho intramolecular Hbond substituents is 1. The number of hydrogen-bond donors (Lipinski definition) is 2. The maximum absolute atomic E-state index is 13.0. The number of carbonyl (C=O) groups is 1. The molecule has 0 radical (unpaired) electrons. The van der Waals surface area contributed by atoms with Gasteiger partial charge < -0.3 is 14.9 Å². The van der Waals surface area contributed by atoms with E-state index in [9.17, 15) is 15.0 Å². The number of aliphatic hydroxyl groups is 1. The lowest BCUT2D eigenvalue weighted by Gasteiger charge is -2.55. The summed E-state index contributed by atoms with van der Waals surface area (Å²) in [5.41, 5.74) is 2.42. The van der Waals surface area contributed by atoms with Gasteiger partial charge in [-0.2, -0.15) is 0 Å². The highest BCUT2D eigenvalue weighted by molar-refractivity contribution is 6.09.